The molecule has 1 aromatic carbocycles. The molecule has 0 radical (unpaired) electrons. The number of hydrogen-bond donors (Lipinski definition) is 4. The van der Waals surface area contributed by atoms with Crippen LogP contribution in [0, 0.1) is 0 Å². The van der Waals surface area contributed by atoms with Crippen molar-refractivity contribution in [3.05, 3.63) is 23.8 Å². The van der Waals surface area contributed by atoms with E-state index in [0.29, 0.717) is 0 Å². The number of aliphatic hydroxyl groups excluding tert-OH is 2. The lowest BCUT2D eigenvalue weighted by atomic mass is 10.0. The predicted molar refractivity (Wildman–Crippen MR) is 56.1 cm³/mol. The molecule has 1 aromatic rings. The van der Waals surface area contributed by atoms with E-state index in [1.54, 1.807) is 0 Å². The maximum atomic E-state index is 9.64. The second-order valence-electron chi connectivity index (χ2n) is 3.23. The number of rotatable bonds is 4. The Morgan fingerprint density at radius 2 is 1.87 bits per heavy atom. The minimum atomic E-state index is -1.20. The van der Waals surface area contributed by atoms with E-state index in [2.05, 4.69) is 0 Å². The van der Waals surface area contributed by atoms with Gasteiger partial charge in [0.15, 0.2) is 0 Å². The van der Waals surface area contributed by atoms with Crippen molar-refractivity contribution in [3.63, 3.8) is 0 Å². The molecular formula is C10H13ClO4. The number of aliphatic hydroxyl groups is 2. The summed E-state index contributed by atoms with van der Waals surface area (Å²) in [5, 5.41) is 37.5. The van der Waals surface area contributed by atoms with Gasteiger partial charge in [-0.1, -0.05) is 0 Å². The minimum absolute atomic E-state index is 0.102. The maximum absolute atomic E-state index is 9.64. The highest BCUT2D eigenvalue weighted by Gasteiger charge is 2.20. The number of alkyl halides is 1. The van der Waals surface area contributed by atoms with Crippen molar-refractivity contribution in [2.45, 2.75) is 18.6 Å². The Labute approximate surface area is 92.4 Å². The molecule has 2 unspecified atom stereocenters. The molecule has 15 heavy (non-hydrogen) atoms. The van der Waals surface area contributed by atoms with Crippen LogP contribution in [-0.4, -0.2) is 32.4 Å². The zero-order chi connectivity index (χ0) is 11.4. The molecule has 4 N–H and O–H groups in total. The van der Waals surface area contributed by atoms with Crippen LogP contribution < -0.4 is 0 Å². The average molecular weight is 233 g/mol. The van der Waals surface area contributed by atoms with Gasteiger partial charge in [-0.3, -0.25) is 0 Å². The molecule has 84 valence electrons. The van der Waals surface area contributed by atoms with Crippen LogP contribution >= 0.6 is 11.6 Å². The number of benzene rings is 1. The molecule has 0 saturated carbocycles. The first-order valence-corrected chi connectivity index (χ1v) is 5.03. The summed E-state index contributed by atoms with van der Waals surface area (Å²) in [6, 6.07) is 3.78. The Kier molecular flexibility index (Phi) is 4.20. The van der Waals surface area contributed by atoms with Crippen LogP contribution in [0.4, 0.5) is 0 Å². The van der Waals surface area contributed by atoms with Crippen LogP contribution in [0.25, 0.3) is 0 Å². The smallest absolute Gasteiger partial charge is 0.125 e. The molecule has 5 heteroatoms. The Hall–Kier alpha value is -0.970. The van der Waals surface area contributed by atoms with Crippen LogP contribution in [0.1, 0.15) is 18.1 Å². The van der Waals surface area contributed by atoms with Crippen molar-refractivity contribution >= 4 is 11.6 Å². The molecule has 0 aliphatic rings. The largest absolute Gasteiger partial charge is 0.508 e. The molecule has 0 aliphatic carbocycles. The summed E-state index contributed by atoms with van der Waals surface area (Å²) in [5.41, 5.74) is 0.172. The zero-order valence-electron chi connectivity index (χ0n) is 7.97. The maximum Gasteiger partial charge on any atom is 0.125 e. The normalized spacial score (nSPS) is 14.9. The molecule has 0 heterocycles. The number of halogens is 1. The van der Waals surface area contributed by atoms with Crippen molar-refractivity contribution in [1.29, 1.82) is 0 Å². The summed E-state index contributed by atoms with van der Waals surface area (Å²) in [5.74, 6) is -0.136. The molecule has 4 nitrogen and oxygen atoms in total. The molecule has 0 aliphatic heterocycles. The summed E-state index contributed by atoms with van der Waals surface area (Å²) in [6.07, 6.45) is -2.01. The van der Waals surface area contributed by atoms with E-state index in [1.807, 2.05) is 0 Å². The van der Waals surface area contributed by atoms with Gasteiger partial charge < -0.3 is 20.4 Å². The SMILES string of the molecule is Oc1ccc(C(O)C(O)CCCl)c(O)c1. The fourth-order valence-electron chi connectivity index (χ4n) is 1.26. The van der Waals surface area contributed by atoms with Crippen molar-refractivity contribution in [2.24, 2.45) is 0 Å². The van der Waals surface area contributed by atoms with Gasteiger partial charge in [0.25, 0.3) is 0 Å². The number of phenolic OH excluding ortho intramolecular Hbond substituents is 2. The van der Waals surface area contributed by atoms with Gasteiger partial charge in [-0.05, 0) is 18.6 Å². The van der Waals surface area contributed by atoms with Crippen molar-refractivity contribution in [1.82, 2.24) is 0 Å². The quantitative estimate of drug-likeness (QED) is 0.587. The standard InChI is InChI=1S/C10H13ClO4/c11-4-3-8(13)10(15)7-2-1-6(12)5-9(7)14/h1-2,5,8,10,12-15H,3-4H2. The highest BCUT2D eigenvalue weighted by Crippen LogP contribution is 2.30. The van der Waals surface area contributed by atoms with E-state index in [0.717, 1.165) is 6.07 Å². The third-order valence-corrected chi connectivity index (χ3v) is 2.32. The van der Waals surface area contributed by atoms with Crippen molar-refractivity contribution < 1.29 is 20.4 Å². The molecule has 0 amide bonds. The Morgan fingerprint density at radius 1 is 1.20 bits per heavy atom. The van der Waals surface area contributed by atoms with E-state index in [-0.39, 0.29) is 29.4 Å². The van der Waals surface area contributed by atoms with Crippen LogP contribution in [0.3, 0.4) is 0 Å². The van der Waals surface area contributed by atoms with Crippen molar-refractivity contribution in [3.8, 4) is 11.5 Å². The van der Waals surface area contributed by atoms with Gasteiger partial charge in [0.2, 0.25) is 0 Å². The van der Waals surface area contributed by atoms with Gasteiger partial charge >= 0.3 is 0 Å². The first-order chi connectivity index (χ1) is 7.06. The van der Waals surface area contributed by atoms with Crippen molar-refractivity contribution in [2.75, 3.05) is 5.88 Å². The fraction of sp³-hybridized carbons (Fsp3) is 0.400. The fourth-order valence-corrected chi connectivity index (χ4v) is 1.48. The van der Waals surface area contributed by atoms with E-state index < -0.39 is 12.2 Å². The topological polar surface area (TPSA) is 80.9 Å². The second-order valence-corrected chi connectivity index (χ2v) is 3.61. The molecule has 0 spiro atoms. The van der Waals surface area contributed by atoms with Crippen LogP contribution in [0.15, 0.2) is 18.2 Å². The lowest BCUT2D eigenvalue weighted by Crippen LogP contribution is -2.18. The lowest BCUT2D eigenvalue weighted by molar-refractivity contribution is 0.0156. The first kappa shape index (κ1) is 12.1. The van der Waals surface area contributed by atoms with E-state index >= 15 is 0 Å². The summed E-state index contributed by atoms with van der Waals surface area (Å²) >= 11 is 5.42. The molecule has 0 bridgehead atoms. The third-order valence-electron chi connectivity index (χ3n) is 2.10. The van der Waals surface area contributed by atoms with Gasteiger partial charge in [0, 0.05) is 17.5 Å². The molecule has 0 fully saturated rings. The Bertz CT molecular complexity index is 329. The molecule has 2 atom stereocenters. The number of phenols is 2. The van der Waals surface area contributed by atoms with Crippen LogP contribution in [0.2, 0.25) is 0 Å². The monoisotopic (exact) mass is 232 g/mol. The molecule has 0 aromatic heterocycles. The van der Waals surface area contributed by atoms with Gasteiger partial charge in [-0.2, -0.15) is 0 Å². The van der Waals surface area contributed by atoms with Gasteiger partial charge in [-0.25, -0.2) is 0 Å². The Morgan fingerprint density at radius 3 is 2.40 bits per heavy atom. The predicted octanol–water partition coefficient (Wildman–Crippen LogP) is 1.12. The van der Waals surface area contributed by atoms with Gasteiger partial charge in [0.1, 0.15) is 17.6 Å². The third kappa shape index (κ3) is 2.99. The second kappa shape index (κ2) is 5.21. The minimum Gasteiger partial charge on any atom is -0.508 e. The summed E-state index contributed by atoms with van der Waals surface area (Å²) in [6.45, 7) is 0. The van der Waals surface area contributed by atoms with E-state index in [4.69, 9.17) is 16.7 Å². The summed E-state index contributed by atoms with van der Waals surface area (Å²) in [4.78, 5) is 0. The van der Waals surface area contributed by atoms with E-state index in [1.165, 1.54) is 12.1 Å². The van der Waals surface area contributed by atoms with Crippen LogP contribution in [-0.2, 0) is 0 Å². The molecule has 0 saturated heterocycles. The highest BCUT2D eigenvalue weighted by molar-refractivity contribution is 6.17. The van der Waals surface area contributed by atoms with Crippen LogP contribution in [0.5, 0.6) is 11.5 Å². The van der Waals surface area contributed by atoms with Gasteiger partial charge in [-0.15, -0.1) is 11.6 Å². The lowest BCUT2D eigenvalue weighted by Gasteiger charge is -2.18. The zero-order valence-corrected chi connectivity index (χ0v) is 8.72. The molecule has 1 rings (SSSR count). The molecular weight excluding hydrogens is 220 g/mol. The summed E-state index contributed by atoms with van der Waals surface area (Å²) in [7, 11) is 0. The Balaban J connectivity index is 2.86. The summed E-state index contributed by atoms with van der Waals surface area (Å²) < 4.78 is 0. The average Bonchev–Trinajstić information content (AvgIpc) is 2.17. The van der Waals surface area contributed by atoms with Gasteiger partial charge in [0.05, 0.1) is 6.10 Å². The van der Waals surface area contributed by atoms with E-state index in [9.17, 15) is 15.3 Å². The first-order valence-electron chi connectivity index (χ1n) is 4.50. The highest BCUT2D eigenvalue weighted by atomic mass is 35.5. The number of aromatic hydroxyl groups is 2. The number of hydrogen-bond acceptors (Lipinski definition) is 4.